The molecule has 0 unspecified atom stereocenters. The molecule has 1 aliphatic rings. The number of rotatable bonds is 4. The fourth-order valence-corrected chi connectivity index (χ4v) is 2.03. The molecule has 4 nitrogen and oxygen atoms in total. The summed E-state index contributed by atoms with van der Waals surface area (Å²) in [6.07, 6.45) is 2.77. The standard InChI is InChI=1S/C14H18N2O2/c17-14(18)6-5-12-1-3-13(4-2-12)11-16-9-7-15-8-10-16/h1-6,15H,7-11H2,(H,17,18). The van der Waals surface area contributed by atoms with Crippen molar-refractivity contribution in [3.05, 3.63) is 41.5 Å². The van der Waals surface area contributed by atoms with Gasteiger partial charge in [-0.05, 0) is 17.2 Å². The lowest BCUT2D eigenvalue weighted by Crippen LogP contribution is -2.42. The molecule has 1 saturated heterocycles. The predicted octanol–water partition coefficient (Wildman–Crippen LogP) is 1.19. The molecule has 2 rings (SSSR count). The van der Waals surface area contributed by atoms with Gasteiger partial charge in [0.1, 0.15) is 0 Å². The van der Waals surface area contributed by atoms with Crippen molar-refractivity contribution in [1.82, 2.24) is 10.2 Å². The Balaban J connectivity index is 1.92. The SMILES string of the molecule is O=C(O)C=Cc1ccc(CN2CCNCC2)cc1. The van der Waals surface area contributed by atoms with E-state index in [0.29, 0.717) is 0 Å². The van der Waals surface area contributed by atoms with Crippen molar-refractivity contribution < 1.29 is 9.90 Å². The average Bonchev–Trinajstić information content (AvgIpc) is 2.39. The van der Waals surface area contributed by atoms with Gasteiger partial charge >= 0.3 is 5.97 Å². The van der Waals surface area contributed by atoms with Crippen molar-refractivity contribution in [3.63, 3.8) is 0 Å². The predicted molar refractivity (Wildman–Crippen MR) is 71.3 cm³/mol. The highest BCUT2D eigenvalue weighted by atomic mass is 16.4. The molecular weight excluding hydrogens is 228 g/mol. The van der Waals surface area contributed by atoms with Crippen molar-refractivity contribution >= 4 is 12.0 Å². The lowest BCUT2D eigenvalue weighted by atomic mass is 10.1. The largest absolute Gasteiger partial charge is 0.478 e. The van der Waals surface area contributed by atoms with Gasteiger partial charge < -0.3 is 10.4 Å². The van der Waals surface area contributed by atoms with Crippen molar-refractivity contribution in [2.24, 2.45) is 0 Å². The van der Waals surface area contributed by atoms with Gasteiger partial charge in [0.2, 0.25) is 0 Å². The highest BCUT2D eigenvalue weighted by Gasteiger charge is 2.09. The maximum absolute atomic E-state index is 10.4. The summed E-state index contributed by atoms with van der Waals surface area (Å²) < 4.78 is 0. The summed E-state index contributed by atoms with van der Waals surface area (Å²) in [5, 5.41) is 11.9. The number of benzene rings is 1. The van der Waals surface area contributed by atoms with E-state index >= 15 is 0 Å². The van der Waals surface area contributed by atoms with Crippen LogP contribution in [0.3, 0.4) is 0 Å². The molecule has 0 aromatic heterocycles. The van der Waals surface area contributed by atoms with Crippen LogP contribution < -0.4 is 5.32 Å². The van der Waals surface area contributed by atoms with Gasteiger partial charge in [-0.3, -0.25) is 4.90 Å². The zero-order valence-electron chi connectivity index (χ0n) is 10.3. The number of carboxylic acid groups (broad SMARTS) is 1. The van der Waals surface area contributed by atoms with E-state index < -0.39 is 5.97 Å². The van der Waals surface area contributed by atoms with E-state index in [1.807, 2.05) is 12.1 Å². The van der Waals surface area contributed by atoms with Gasteiger partial charge in [0, 0.05) is 38.8 Å². The van der Waals surface area contributed by atoms with E-state index in [2.05, 4.69) is 22.3 Å². The van der Waals surface area contributed by atoms with Gasteiger partial charge in [-0.25, -0.2) is 4.79 Å². The van der Waals surface area contributed by atoms with Gasteiger partial charge in [0.25, 0.3) is 0 Å². The van der Waals surface area contributed by atoms with Crippen LogP contribution in [0.2, 0.25) is 0 Å². The molecule has 1 aromatic rings. The summed E-state index contributed by atoms with van der Waals surface area (Å²) in [4.78, 5) is 12.8. The highest BCUT2D eigenvalue weighted by molar-refractivity contribution is 5.85. The lowest BCUT2D eigenvalue weighted by Gasteiger charge is -2.27. The van der Waals surface area contributed by atoms with Crippen molar-refractivity contribution in [2.75, 3.05) is 26.2 Å². The smallest absolute Gasteiger partial charge is 0.328 e. The first-order valence-corrected chi connectivity index (χ1v) is 6.17. The van der Waals surface area contributed by atoms with Gasteiger partial charge in [0.15, 0.2) is 0 Å². The number of hydrogen-bond donors (Lipinski definition) is 2. The van der Waals surface area contributed by atoms with Crippen molar-refractivity contribution in [1.29, 1.82) is 0 Å². The first kappa shape index (κ1) is 12.8. The second-order valence-electron chi connectivity index (χ2n) is 4.44. The molecule has 0 bridgehead atoms. The third kappa shape index (κ3) is 3.98. The summed E-state index contributed by atoms with van der Waals surface area (Å²) in [5.41, 5.74) is 2.19. The topological polar surface area (TPSA) is 52.6 Å². The number of aliphatic carboxylic acids is 1. The third-order valence-electron chi connectivity index (χ3n) is 3.01. The van der Waals surface area contributed by atoms with E-state index in [9.17, 15) is 4.79 Å². The fourth-order valence-electron chi connectivity index (χ4n) is 2.03. The number of nitrogens with zero attached hydrogens (tertiary/aromatic N) is 1. The molecule has 0 spiro atoms. The summed E-state index contributed by atoms with van der Waals surface area (Å²) in [6.45, 7) is 5.24. The first-order chi connectivity index (χ1) is 8.74. The highest BCUT2D eigenvalue weighted by Crippen LogP contribution is 2.09. The Labute approximate surface area is 107 Å². The minimum atomic E-state index is -0.917. The summed E-state index contributed by atoms with van der Waals surface area (Å²) in [5.74, 6) is -0.917. The Morgan fingerprint density at radius 2 is 1.94 bits per heavy atom. The summed E-state index contributed by atoms with van der Waals surface area (Å²) in [6, 6.07) is 8.03. The molecule has 1 aliphatic heterocycles. The van der Waals surface area contributed by atoms with Crippen molar-refractivity contribution in [3.8, 4) is 0 Å². The van der Waals surface area contributed by atoms with E-state index in [4.69, 9.17) is 5.11 Å². The molecule has 0 saturated carbocycles. The maximum Gasteiger partial charge on any atom is 0.328 e. The number of carboxylic acids is 1. The zero-order valence-corrected chi connectivity index (χ0v) is 10.3. The molecule has 2 N–H and O–H groups in total. The van der Waals surface area contributed by atoms with Gasteiger partial charge in [0.05, 0.1) is 0 Å². The molecule has 0 radical (unpaired) electrons. The molecule has 4 heteroatoms. The summed E-state index contributed by atoms with van der Waals surface area (Å²) >= 11 is 0. The molecule has 18 heavy (non-hydrogen) atoms. The van der Waals surface area contributed by atoms with Crippen LogP contribution in [0.15, 0.2) is 30.3 Å². The molecule has 0 atom stereocenters. The van der Waals surface area contributed by atoms with Crippen LogP contribution in [0.5, 0.6) is 0 Å². The number of carbonyl (C=O) groups is 1. The Hall–Kier alpha value is -1.65. The Morgan fingerprint density at radius 1 is 1.28 bits per heavy atom. The third-order valence-corrected chi connectivity index (χ3v) is 3.01. The lowest BCUT2D eigenvalue weighted by molar-refractivity contribution is -0.131. The molecule has 0 aliphatic carbocycles. The molecule has 0 amide bonds. The van der Waals surface area contributed by atoms with Crippen LogP contribution in [0.25, 0.3) is 6.08 Å². The maximum atomic E-state index is 10.4. The Bertz CT molecular complexity index is 420. The number of nitrogens with one attached hydrogen (secondary N) is 1. The van der Waals surface area contributed by atoms with E-state index in [1.54, 1.807) is 6.08 Å². The minimum absolute atomic E-state index is 0.917. The van der Waals surface area contributed by atoms with Crippen LogP contribution in [0.4, 0.5) is 0 Å². The van der Waals surface area contributed by atoms with Gasteiger partial charge in [-0.15, -0.1) is 0 Å². The molecule has 1 heterocycles. The zero-order chi connectivity index (χ0) is 12.8. The quantitative estimate of drug-likeness (QED) is 0.784. The van der Waals surface area contributed by atoms with Crippen molar-refractivity contribution in [2.45, 2.75) is 6.54 Å². The van der Waals surface area contributed by atoms with Crippen LogP contribution in [0, 0.1) is 0 Å². The molecule has 96 valence electrons. The molecular formula is C14H18N2O2. The fraction of sp³-hybridized carbons (Fsp3) is 0.357. The van der Waals surface area contributed by atoms with Crippen LogP contribution in [0.1, 0.15) is 11.1 Å². The first-order valence-electron chi connectivity index (χ1n) is 6.17. The van der Waals surface area contributed by atoms with Gasteiger partial charge in [-0.2, -0.15) is 0 Å². The number of piperazine rings is 1. The monoisotopic (exact) mass is 246 g/mol. The van der Waals surface area contributed by atoms with E-state index in [-0.39, 0.29) is 0 Å². The van der Waals surface area contributed by atoms with Gasteiger partial charge in [-0.1, -0.05) is 24.3 Å². The summed E-state index contributed by atoms with van der Waals surface area (Å²) in [7, 11) is 0. The second kappa shape index (κ2) is 6.33. The molecule has 1 fully saturated rings. The normalized spacial score (nSPS) is 17.1. The Morgan fingerprint density at radius 3 is 2.56 bits per heavy atom. The van der Waals surface area contributed by atoms with Crippen LogP contribution in [-0.2, 0) is 11.3 Å². The minimum Gasteiger partial charge on any atom is -0.478 e. The number of hydrogen-bond acceptors (Lipinski definition) is 3. The Kier molecular flexibility index (Phi) is 4.50. The van der Waals surface area contributed by atoms with E-state index in [1.165, 1.54) is 5.56 Å². The van der Waals surface area contributed by atoms with Crippen LogP contribution >= 0.6 is 0 Å². The van der Waals surface area contributed by atoms with Crippen LogP contribution in [-0.4, -0.2) is 42.2 Å². The average molecular weight is 246 g/mol. The van der Waals surface area contributed by atoms with E-state index in [0.717, 1.165) is 44.4 Å². The molecule has 1 aromatic carbocycles. The second-order valence-corrected chi connectivity index (χ2v) is 4.44.